The summed E-state index contributed by atoms with van der Waals surface area (Å²) in [7, 11) is 0. The Labute approximate surface area is 136 Å². The number of benzene rings is 1. The minimum absolute atomic E-state index is 0.0971. The highest BCUT2D eigenvalue weighted by molar-refractivity contribution is 6.30. The maximum Gasteiger partial charge on any atom is 0.222 e. The van der Waals surface area contributed by atoms with Crippen molar-refractivity contribution in [3.8, 4) is 0 Å². The van der Waals surface area contributed by atoms with E-state index in [1.807, 2.05) is 24.3 Å². The number of morpholine rings is 1. The SMILES string of the molecule is O=C(CC1COCCN1)NC1(c2ccc(Cl)cc2)CCCC1. The Balaban J connectivity index is 1.68. The van der Waals surface area contributed by atoms with Crippen LogP contribution in [0.25, 0.3) is 0 Å². The normalized spacial score (nSPS) is 24.1. The van der Waals surface area contributed by atoms with Crippen molar-refractivity contribution in [1.82, 2.24) is 10.6 Å². The van der Waals surface area contributed by atoms with Crippen LogP contribution < -0.4 is 10.6 Å². The number of rotatable bonds is 4. The molecule has 3 rings (SSSR count). The summed E-state index contributed by atoms with van der Waals surface area (Å²) in [6, 6.07) is 8.00. The van der Waals surface area contributed by atoms with Gasteiger partial charge in [0.15, 0.2) is 0 Å². The molecule has 1 aromatic rings. The van der Waals surface area contributed by atoms with E-state index in [0.29, 0.717) is 13.0 Å². The minimum Gasteiger partial charge on any atom is -0.378 e. The highest BCUT2D eigenvalue weighted by Gasteiger charge is 2.37. The van der Waals surface area contributed by atoms with E-state index in [1.54, 1.807) is 0 Å². The predicted molar refractivity (Wildman–Crippen MR) is 87.0 cm³/mol. The van der Waals surface area contributed by atoms with Gasteiger partial charge < -0.3 is 15.4 Å². The van der Waals surface area contributed by atoms with Crippen LogP contribution in [-0.4, -0.2) is 31.7 Å². The van der Waals surface area contributed by atoms with Crippen LogP contribution in [0.5, 0.6) is 0 Å². The predicted octanol–water partition coefficient (Wildman–Crippen LogP) is 2.60. The van der Waals surface area contributed by atoms with E-state index in [2.05, 4.69) is 10.6 Å². The third kappa shape index (κ3) is 3.62. The quantitative estimate of drug-likeness (QED) is 0.896. The fraction of sp³-hybridized carbons (Fsp3) is 0.588. The first-order valence-electron chi connectivity index (χ1n) is 8.06. The smallest absolute Gasteiger partial charge is 0.222 e. The van der Waals surface area contributed by atoms with Gasteiger partial charge in [0.05, 0.1) is 18.8 Å². The minimum atomic E-state index is -0.225. The summed E-state index contributed by atoms with van der Waals surface area (Å²) in [6.45, 7) is 2.16. The van der Waals surface area contributed by atoms with Gasteiger partial charge in [0.2, 0.25) is 5.91 Å². The van der Waals surface area contributed by atoms with Crippen LogP contribution >= 0.6 is 11.6 Å². The highest BCUT2D eigenvalue weighted by Crippen LogP contribution is 2.39. The molecule has 1 aliphatic heterocycles. The van der Waals surface area contributed by atoms with Crippen molar-refractivity contribution in [1.29, 1.82) is 0 Å². The lowest BCUT2D eigenvalue weighted by Crippen LogP contribution is -2.48. The van der Waals surface area contributed by atoms with E-state index in [-0.39, 0.29) is 17.5 Å². The first-order valence-corrected chi connectivity index (χ1v) is 8.44. The first kappa shape index (κ1) is 15.8. The van der Waals surface area contributed by atoms with Crippen molar-refractivity contribution in [3.63, 3.8) is 0 Å². The molecule has 1 unspecified atom stereocenters. The molecule has 4 nitrogen and oxygen atoms in total. The van der Waals surface area contributed by atoms with Crippen molar-refractivity contribution in [2.24, 2.45) is 0 Å². The Hall–Kier alpha value is -1.10. The largest absolute Gasteiger partial charge is 0.378 e. The van der Waals surface area contributed by atoms with Crippen LogP contribution in [0.2, 0.25) is 5.02 Å². The fourth-order valence-corrected chi connectivity index (χ4v) is 3.65. The Bertz CT molecular complexity index is 506. The number of nitrogens with one attached hydrogen (secondary N) is 2. The van der Waals surface area contributed by atoms with Crippen LogP contribution in [0, 0.1) is 0 Å². The van der Waals surface area contributed by atoms with Gasteiger partial charge in [-0.25, -0.2) is 0 Å². The van der Waals surface area contributed by atoms with Gasteiger partial charge in [0, 0.05) is 24.0 Å². The van der Waals surface area contributed by atoms with Gasteiger partial charge in [-0.1, -0.05) is 36.6 Å². The molecule has 1 saturated carbocycles. The average molecular weight is 323 g/mol. The van der Waals surface area contributed by atoms with E-state index < -0.39 is 0 Å². The lowest BCUT2D eigenvalue weighted by atomic mass is 9.88. The van der Waals surface area contributed by atoms with E-state index in [4.69, 9.17) is 16.3 Å². The Morgan fingerprint density at radius 2 is 2.05 bits per heavy atom. The summed E-state index contributed by atoms with van der Waals surface area (Å²) >= 11 is 5.99. The molecule has 0 aromatic heterocycles. The number of carbonyl (C=O) groups is 1. The first-order chi connectivity index (χ1) is 10.7. The topological polar surface area (TPSA) is 50.4 Å². The van der Waals surface area contributed by atoms with Gasteiger partial charge in [-0.05, 0) is 30.5 Å². The summed E-state index contributed by atoms with van der Waals surface area (Å²) < 4.78 is 5.42. The van der Waals surface area contributed by atoms with Crippen molar-refractivity contribution < 1.29 is 9.53 Å². The van der Waals surface area contributed by atoms with Gasteiger partial charge in [0.25, 0.3) is 0 Å². The molecule has 0 bridgehead atoms. The van der Waals surface area contributed by atoms with Gasteiger partial charge in [0.1, 0.15) is 0 Å². The van der Waals surface area contributed by atoms with Crippen LogP contribution in [0.15, 0.2) is 24.3 Å². The number of hydrogen-bond donors (Lipinski definition) is 2. The number of amides is 1. The molecule has 1 aromatic carbocycles. The summed E-state index contributed by atoms with van der Waals surface area (Å²) in [6.07, 6.45) is 4.75. The number of hydrogen-bond acceptors (Lipinski definition) is 3. The Kier molecular flexibility index (Phi) is 5.01. The van der Waals surface area contributed by atoms with Gasteiger partial charge in [-0.3, -0.25) is 4.79 Å². The molecule has 1 aliphatic carbocycles. The van der Waals surface area contributed by atoms with Crippen LogP contribution in [0.3, 0.4) is 0 Å². The molecule has 2 N–H and O–H groups in total. The van der Waals surface area contributed by atoms with Gasteiger partial charge in [-0.2, -0.15) is 0 Å². The summed E-state index contributed by atoms with van der Waals surface area (Å²) in [5.74, 6) is 0.0971. The van der Waals surface area contributed by atoms with Crippen molar-refractivity contribution in [2.45, 2.75) is 43.7 Å². The molecule has 1 saturated heterocycles. The lowest BCUT2D eigenvalue weighted by Gasteiger charge is -2.32. The van der Waals surface area contributed by atoms with Crippen molar-refractivity contribution >= 4 is 17.5 Å². The Morgan fingerprint density at radius 1 is 1.32 bits per heavy atom. The molecular weight excluding hydrogens is 300 g/mol. The zero-order chi connectivity index (χ0) is 15.4. The highest BCUT2D eigenvalue weighted by atomic mass is 35.5. The molecule has 120 valence electrons. The number of ether oxygens (including phenoxy) is 1. The standard InChI is InChI=1S/C17H23ClN2O2/c18-14-5-3-13(4-6-14)17(7-1-2-8-17)20-16(21)11-15-12-22-10-9-19-15/h3-6,15,19H,1-2,7-12H2,(H,20,21). The molecule has 1 heterocycles. The van der Waals surface area contributed by atoms with Crippen LogP contribution in [0.4, 0.5) is 0 Å². The molecule has 0 spiro atoms. The molecule has 1 amide bonds. The molecule has 5 heteroatoms. The number of carbonyl (C=O) groups excluding carboxylic acids is 1. The van der Waals surface area contributed by atoms with Gasteiger partial charge in [-0.15, -0.1) is 0 Å². The fourth-order valence-electron chi connectivity index (χ4n) is 3.53. The van der Waals surface area contributed by atoms with Gasteiger partial charge >= 0.3 is 0 Å². The van der Waals surface area contributed by atoms with E-state index in [9.17, 15) is 4.79 Å². The second-order valence-electron chi connectivity index (χ2n) is 6.27. The van der Waals surface area contributed by atoms with Crippen LogP contribution in [0.1, 0.15) is 37.7 Å². The maximum atomic E-state index is 12.5. The van der Waals surface area contributed by atoms with Crippen LogP contribution in [-0.2, 0) is 15.1 Å². The monoisotopic (exact) mass is 322 g/mol. The lowest BCUT2D eigenvalue weighted by molar-refractivity contribution is -0.124. The molecule has 0 radical (unpaired) electrons. The van der Waals surface area contributed by atoms with Crippen molar-refractivity contribution in [2.75, 3.05) is 19.8 Å². The average Bonchev–Trinajstić information content (AvgIpc) is 2.98. The zero-order valence-electron chi connectivity index (χ0n) is 12.7. The van der Waals surface area contributed by atoms with Crippen molar-refractivity contribution in [3.05, 3.63) is 34.9 Å². The number of halogens is 1. The van der Waals surface area contributed by atoms with E-state index in [1.165, 1.54) is 0 Å². The van der Waals surface area contributed by atoms with E-state index in [0.717, 1.165) is 49.4 Å². The molecular formula is C17H23ClN2O2. The summed E-state index contributed by atoms with van der Waals surface area (Å²) in [4.78, 5) is 12.5. The second kappa shape index (κ2) is 6.99. The third-order valence-corrected chi connectivity index (χ3v) is 4.91. The molecule has 2 aliphatic rings. The summed E-state index contributed by atoms with van der Waals surface area (Å²) in [5, 5.41) is 7.36. The Morgan fingerprint density at radius 3 is 2.68 bits per heavy atom. The molecule has 1 atom stereocenters. The third-order valence-electron chi connectivity index (χ3n) is 4.66. The molecule has 22 heavy (non-hydrogen) atoms. The van der Waals surface area contributed by atoms with E-state index >= 15 is 0 Å². The second-order valence-corrected chi connectivity index (χ2v) is 6.71. The zero-order valence-corrected chi connectivity index (χ0v) is 13.5. The maximum absolute atomic E-state index is 12.5. The summed E-state index contributed by atoms with van der Waals surface area (Å²) in [5.41, 5.74) is 0.938. The molecule has 2 fully saturated rings.